The van der Waals surface area contributed by atoms with Crippen LogP contribution >= 0.6 is 11.6 Å². The van der Waals surface area contributed by atoms with Crippen molar-refractivity contribution in [2.45, 2.75) is 38.8 Å². The highest BCUT2D eigenvalue weighted by Crippen LogP contribution is 2.35. The maximum absolute atomic E-state index is 12.7. The van der Waals surface area contributed by atoms with Crippen molar-refractivity contribution in [3.05, 3.63) is 34.3 Å². The molecule has 0 aliphatic heterocycles. The number of benzene rings is 1. The zero-order valence-electron chi connectivity index (χ0n) is 11.1. The van der Waals surface area contributed by atoms with Crippen LogP contribution in [0.25, 0.3) is 0 Å². The van der Waals surface area contributed by atoms with E-state index in [1.165, 1.54) is 6.07 Å². The minimum Gasteiger partial charge on any atom is -0.466 e. The predicted molar refractivity (Wildman–Crippen MR) is 70.6 cm³/mol. The normalized spacial score (nSPS) is 11.4. The molecule has 0 radical (unpaired) electrons. The van der Waals surface area contributed by atoms with Crippen LogP contribution in [0.15, 0.2) is 18.2 Å². The van der Waals surface area contributed by atoms with Crippen molar-refractivity contribution >= 4 is 17.6 Å². The summed E-state index contributed by atoms with van der Waals surface area (Å²) in [5, 5.41) is -0.298. The van der Waals surface area contributed by atoms with Crippen molar-refractivity contribution in [2.24, 2.45) is 0 Å². The first-order chi connectivity index (χ1) is 9.34. The molecule has 0 saturated heterocycles. The van der Waals surface area contributed by atoms with Gasteiger partial charge in [0.25, 0.3) is 0 Å². The predicted octanol–water partition coefficient (Wildman–Crippen LogP) is 4.63. The molecule has 1 aromatic carbocycles. The lowest BCUT2D eigenvalue weighted by Crippen LogP contribution is -2.07. The Morgan fingerprint density at radius 2 is 2.00 bits per heavy atom. The van der Waals surface area contributed by atoms with E-state index in [1.54, 1.807) is 13.0 Å². The van der Waals surface area contributed by atoms with E-state index in [0.717, 1.165) is 6.07 Å². The fourth-order valence-electron chi connectivity index (χ4n) is 1.78. The van der Waals surface area contributed by atoms with E-state index in [0.29, 0.717) is 31.4 Å². The first-order valence-corrected chi connectivity index (χ1v) is 6.73. The van der Waals surface area contributed by atoms with Gasteiger partial charge in [-0.1, -0.05) is 17.7 Å². The summed E-state index contributed by atoms with van der Waals surface area (Å²) in [5.74, 6) is -0.278. The van der Waals surface area contributed by atoms with E-state index in [2.05, 4.69) is 0 Å². The summed E-state index contributed by atoms with van der Waals surface area (Å²) in [6.07, 6.45) is -2.48. The van der Waals surface area contributed by atoms with Gasteiger partial charge in [0, 0.05) is 6.42 Å². The number of unbranched alkanes of at least 4 members (excludes halogenated alkanes) is 1. The highest BCUT2D eigenvalue weighted by Gasteiger charge is 2.33. The van der Waals surface area contributed by atoms with Crippen LogP contribution in [0.2, 0.25) is 5.02 Å². The zero-order chi connectivity index (χ0) is 15.2. The summed E-state index contributed by atoms with van der Waals surface area (Å²) in [6, 6.07) is 3.89. The quantitative estimate of drug-likeness (QED) is 0.565. The second kappa shape index (κ2) is 7.53. The molecule has 20 heavy (non-hydrogen) atoms. The maximum Gasteiger partial charge on any atom is 0.417 e. The Balaban J connectivity index is 2.51. The smallest absolute Gasteiger partial charge is 0.417 e. The molecular formula is C14H16ClF3O2. The lowest BCUT2D eigenvalue weighted by molar-refractivity contribution is -0.143. The van der Waals surface area contributed by atoms with Crippen LogP contribution < -0.4 is 0 Å². The SMILES string of the molecule is CCOC(=O)CCCCc1ccc(Cl)c(C(F)(F)F)c1. The van der Waals surface area contributed by atoms with Gasteiger partial charge in [-0.15, -0.1) is 0 Å². The Bertz CT molecular complexity index is 458. The first kappa shape index (κ1) is 16.8. The van der Waals surface area contributed by atoms with Gasteiger partial charge in [0.15, 0.2) is 0 Å². The van der Waals surface area contributed by atoms with E-state index in [4.69, 9.17) is 16.3 Å². The lowest BCUT2D eigenvalue weighted by atomic mass is 10.0. The Hall–Kier alpha value is -1.23. The molecule has 1 rings (SSSR count). The number of ether oxygens (including phenoxy) is 1. The molecule has 0 aliphatic rings. The number of carbonyl (C=O) groups excluding carboxylic acids is 1. The van der Waals surface area contributed by atoms with Crippen LogP contribution in [0, 0.1) is 0 Å². The lowest BCUT2D eigenvalue weighted by Gasteiger charge is -2.10. The van der Waals surface area contributed by atoms with Crippen LogP contribution in [-0.4, -0.2) is 12.6 Å². The summed E-state index contributed by atoms with van der Waals surface area (Å²) in [4.78, 5) is 11.1. The third kappa shape index (κ3) is 5.41. The summed E-state index contributed by atoms with van der Waals surface area (Å²) < 4.78 is 42.8. The van der Waals surface area contributed by atoms with Gasteiger partial charge >= 0.3 is 12.1 Å². The molecule has 0 amide bonds. The van der Waals surface area contributed by atoms with Gasteiger partial charge in [0.05, 0.1) is 17.2 Å². The van der Waals surface area contributed by atoms with E-state index in [-0.39, 0.29) is 17.4 Å². The molecule has 1 aromatic rings. The van der Waals surface area contributed by atoms with Gasteiger partial charge in [-0.2, -0.15) is 13.2 Å². The van der Waals surface area contributed by atoms with Gasteiger partial charge in [-0.05, 0) is 43.9 Å². The molecule has 0 aromatic heterocycles. The van der Waals surface area contributed by atoms with Crippen molar-refractivity contribution in [1.82, 2.24) is 0 Å². The number of hydrogen-bond acceptors (Lipinski definition) is 2. The largest absolute Gasteiger partial charge is 0.466 e. The van der Waals surface area contributed by atoms with Crippen molar-refractivity contribution < 1.29 is 22.7 Å². The molecule has 2 nitrogen and oxygen atoms in total. The second-order valence-electron chi connectivity index (χ2n) is 4.32. The zero-order valence-corrected chi connectivity index (χ0v) is 11.9. The van der Waals surface area contributed by atoms with E-state index < -0.39 is 11.7 Å². The minimum atomic E-state index is -4.45. The van der Waals surface area contributed by atoms with Crippen molar-refractivity contribution in [3.8, 4) is 0 Å². The molecule has 0 heterocycles. The Morgan fingerprint density at radius 1 is 1.30 bits per heavy atom. The van der Waals surface area contributed by atoms with Crippen LogP contribution in [0.4, 0.5) is 13.2 Å². The van der Waals surface area contributed by atoms with Crippen molar-refractivity contribution in [3.63, 3.8) is 0 Å². The number of esters is 1. The van der Waals surface area contributed by atoms with Gasteiger partial charge in [-0.25, -0.2) is 0 Å². The molecule has 0 saturated carbocycles. The topological polar surface area (TPSA) is 26.3 Å². The number of carbonyl (C=O) groups is 1. The molecule has 0 atom stereocenters. The van der Waals surface area contributed by atoms with Gasteiger partial charge < -0.3 is 4.74 Å². The Morgan fingerprint density at radius 3 is 2.60 bits per heavy atom. The number of aryl methyl sites for hydroxylation is 1. The van der Waals surface area contributed by atoms with Gasteiger partial charge in [0.2, 0.25) is 0 Å². The van der Waals surface area contributed by atoms with Crippen LogP contribution in [0.3, 0.4) is 0 Å². The molecule has 6 heteroatoms. The molecule has 0 N–H and O–H groups in total. The monoisotopic (exact) mass is 308 g/mol. The molecular weight excluding hydrogens is 293 g/mol. The van der Waals surface area contributed by atoms with E-state index in [1.807, 2.05) is 0 Å². The molecule has 112 valence electrons. The number of alkyl halides is 3. The number of halogens is 4. The van der Waals surface area contributed by atoms with E-state index >= 15 is 0 Å². The highest BCUT2D eigenvalue weighted by atomic mass is 35.5. The average molecular weight is 309 g/mol. The van der Waals surface area contributed by atoms with Gasteiger partial charge in [0.1, 0.15) is 0 Å². The fraction of sp³-hybridized carbons (Fsp3) is 0.500. The Labute approximate surface area is 120 Å². The fourth-order valence-corrected chi connectivity index (χ4v) is 2.00. The minimum absolute atomic E-state index is 0.278. The Kier molecular flexibility index (Phi) is 6.33. The van der Waals surface area contributed by atoms with Crippen molar-refractivity contribution in [1.29, 1.82) is 0 Å². The third-order valence-electron chi connectivity index (χ3n) is 2.74. The third-order valence-corrected chi connectivity index (χ3v) is 3.07. The summed E-state index contributed by atoms with van der Waals surface area (Å²) >= 11 is 5.54. The molecule has 0 spiro atoms. The maximum atomic E-state index is 12.7. The molecule has 0 unspecified atom stereocenters. The second-order valence-corrected chi connectivity index (χ2v) is 4.73. The van der Waals surface area contributed by atoms with Gasteiger partial charge in [-0.3, -0.25) is 4.79 Å². The van der Waals surface area contributed by atoms with Crippen LogP contribution in [0.5, 0.6) is 0 Å². The molecule has 0 aliphatic carbocycles. The first-order valence-electron chi connectivity index (χ1n) is 6.36. The van der Waals surface area contributed by atoms with E-state index in [9.17, 15) is 18.0 Å². The number of hydrogen-bond donors (Lipinski definition) is 0. The van der Waals surface area contributed by atoms with Crippen LogP contribution in [0.1, 0.15) is 37.3 Å². The van der Waals surface area contributed by atoms with Crippen molar-refractivity contribution in [2.75, 3.05) is 6.61 Å². The van der Waals surface area contributed by atoms with Crippen LogP contribution in [-0.2, 0) is 22.1 Å². The summed E-state index contributed by atoms with van der Waals surface area (Å²) in [6.45, 7) is 2.06. The standard InChI is InChI=1S/C14H16ClF3O2/c1-2-20-13(19)6-4-3-5-10-7-8-12(15)11(9-10)14(16,17)18/h7-9H,2-6H2,1H3. The summed E-state index contributed by atoms with van der Waals surface area (Å²) in [7, 11) is 0. The molecule has 0 fully saturated rings. The average Bonchev–Trinajstić information content (AvgIpc) is 2.35. The highest BCUT2D eigenvalue weighted by molar-refractivity contribution is 6.31. The molecule has 0 bridgehead atoms. The summed E-state index contributed by atoms with van der Waals surface area (Å²) in [5.41, 5.74) is -0.257. The number of rotatable bonds is 6.